The molecule has 0 aliphatic heterocycles. The summed E-state index contributed by atoms with van der Waals surface area (Å²) in [6.45, 7) is 7.41. The standard InChI is InChI=1S/C12H12N2/c1-4-6-10-11(7-13)9(3)8-14-12(10)5-2/h4-6,8H,1H2,2-3H3/b10-6-,12-5+. The average Bonchev–Trinajstić information content (AvgIpc) is 2.19. The maximum absolute atomic E-state index is 9.00. The van der Waals surface area contributed by atoms with Gasteiger partial charge in [-0.15, -0.1) is 0 Å². The number of nitriles is 1. The monoisotopic (exact) mass is 184 g/mol. The molecule has 1 aromatic rings. The molecule has 0 aliphatic carbocycles. The third-order valence-electron chi connectivity index (χ3n) is 2.01. The zero-order valence-electron chi connectivity index (χ0n) is 8.41. The molecule has 0 atom stereocenters. The summed E-state index contributed by atoms with van der Waals surface area (Å²) in [5.74, 6) is 0. The third-order valence-corrected chi connectivity index (χ3v) is 2.01. The summed E-state index contributed by atoms with van der Waals surface area (Å²) in [5, 5.41) is 10.7. The number of rotatable bonds is 1. The van der Waals surface area contributed by atoms with Crippen LogP contribution in [0.3, 0.4) is 0 Å². The van der Waals surface area contributed by atoms with Crippen molar-refractivity contribution in [3.8, 4) is 6.07 Å². The lowest BCUT2D eigenvalue weighted by Crippen LogP contribution is -2.31. The lowest BCUT2D eigenvalue weighted by atomic mass is 10.1. The Balaban J connectivity index is 3.83. The Bertz CT molecular complexity index is 504. The Labute approximate surface area is 83.5 Å². The van der Waals surface area contributed by atoms with Crippen molar-refractivity contribution in [3.05, 3.63) is 40.5 Å². The molecule has 14 heavy (non-hydrogen) atoms. The van der Waals surface area contributed by atoms with Crippen LogP contribution >= 0.6 is 0 Å². The van der Waals surface area contributed by atoms with Crippen LogP contribution in [0.4, 0.5) is 0 Å². The van der Waals surface area contributed by atoms with Crippen LogP contribution in [0, 0.1) is 18.3 Å². The van der Waals surface area contributed by atoms with Crippen molar-refractivity contribution in [1.29, 1.82) is 5.26 Å². The Morgan fingerprint density at radius 2 is 2.29 bits per heavy atom. The molecule has 0 amide bonds. The largest absolute Gasteiger partial charge is 0.256 e. The van der Waals surface area contributed by atoms with E-state index in [4.69, 9.17) is 5.26 Å². The Morgan fingerprint density at radius 3 is 2.79 bits per heavy atom. The summed E-state index contributed by atoms with van der Waals surface area (Å²) >= 11 is 0. The van der Waals surface area contributed by atoms with E-state index >= 15 is 0 Å². The van der Waals surface area contributed by atoms with Crippen LogP contribution in [0.5, 0.6) is 0 Å². The van der Waals surface area contributed by atoms with E-state index in [-0.39, 0.29) is 0 Å². The Kier molecular flexibility index (Phi) is 3.19. The van der Waals surface area contributed by atoms with Crippen molar-refractivity contribution in [1.82, 2.24) is 4.98 Å². The van der Waals surface area contributed by atoms with Gasteiger partial charge in [0.1, 0.15) is 6.07 Å². The van der Waals surface area contributed by atoms with Crippen LogP contribution in [0.15, 0.2) is 18.9 Å². The summed E-state index contributed by atoms with van der Waals surface area (Å²) in [5.41, 5.74) is 1.57. The van der Waals surface area contributed by atoms with E-state index < -0.39 is 0 Å². The highest BCUT2D eigenvalue weighted by Crippen LogP contribution is 1.95. The molecular formula is C12H12N2. The predicted molar refractivity (Wildman–Crippen MR) is 57.7 cm³/mol. The van der Waals surface area contributed by atoms with E-state index in [0.29, 0.717) is 5.56 Å². The van der Waals surface area contributed by atoms with Gasteiger partial charge in [0, 0.05) is 11.4 Å². The molecule has 0 spiro atoms. The molecule has 0 unspecified atom stereocenters. The maximum atomic E-state index is 9.00. The van der Waals surface area contributed by atoms with E-state index in [0.717, 1.165) is 16.1 Å². The van der Waals surface area contributed by atoms with Gasteiger partial charge in [0.05, 0.1) is 10.9 Å². The van der Waals surface area contributed by atoms with Crippen molar-refractivity contribution < 1.29 is 0 Å². The van der Waals surface area contributed by atoms with Gasteiger partial charge in [-0.3, -0.25) is 4.98 Å². The first-order chi connectivity index (χ1) is 6.74. The van der Waals surface area contributed by atoms with Crippen molar-refractivity contribution in [2.45, 2.75) is 13.8 Å². The number of pyridine rings is 1. The quantitative estimate of drug-likeness (QED) is 0.653. The van der Waals surface area contributed by atoms with Crippen LogP contribution in [0.2, 0.25) is 0 Å². The van der Waals surface area contributed by atoms with Gasteiger partial charge < -0.3 is 0 Å². The van der Waals surface area contributed by atoms with Gasteiger partial charge >= 0.3 is 0 Å². The van der Waals surface area contributed by atoms with Crippen molar-refractivity contribution in [3.63, 3.8) is 0 Å². The highest BCUT2D eigenvalue weighted by Gasteiger charge is 1.99. The van der Waals surface area contributed by atoms with E-state index in [1.165, 1.54) is 0 Å². The molecule has 0 aliphatic rings. The molecule has 1 heterocycles. The molecule has 0 fully saturated rings. The summed E-state index contributed by atoms with van der Waals surface area (Å²) in [6, 6.07) is 2.18. The first-order valence-electron chi connectivity index (χ1n) is 4.39. The Morgan fingerprint density at radius 1 is 1.57 bits per heavy atom. The summed E-state index contributed by atoms with van der Waals surface area (Å²) in [4.78, 5) is 4.24. The van der Waals surface area contributed by atoms with E-state index in [1.807, 2.05) is 26.0 Å². The molecule has 0 radical (unpaired) electrons. The normalized spacial score (nSPS) is 12.6. The van der Waals surface area contributed by atoms with E-state index in [1.54, 1.807) is 12.3 Å². The zero-order valence-corrected chi connectivity index (χ0v) is 8.41. The second kappa shape index (κ2) is 4.38. The Hall–Kier alpha value is -1.88. The van der Waals surface area contributed by atoms with Crippen LogP contribution in [0.1, 0.15) is 18.1 Å². The van der Waals surface area contributed by atoms with Crippen LogP contribution in [-0.2, 0) is 0 Å². The van der Waals surface area contributed by atoms with Crippen LogP contribution in [-0.4, -0.2) is 4.98 Å². The fourth-order valence-electron chi connectivity index (χ4n) is 1.31. The first kappa shape index (κ1) is 10.2. The molecule has 70 valence electrons. The summed E-state index contributed by atoms with van der Waals surface area (Å²) in [7, 11) is 0. The number of allylic oxidation sites excluding steroid dienone is 1. The van der Waals surface area contributed by atoms with E-state index in [9.17, 15) is 0 Å². The fraction of sp³-hybridized carbons (Fsp3) is 0.167. The number of hydrogen-bond donors (Lipinski definition) is 0. The maximum Gasteiger partial charge on any atom is 0.100 e. The van der Waals surface area contributed by atoms with Gasteiger partial charge in [0.2, 0.25) is 0 Å². The van der Waals surface area contributed by atoms with Crippen molar-refractivity contribution in [2.24, 2.45) is 0 Å². The van der Waals surface area contributed by atoms with Gasteiger partial charge in [-0.05, 0) is 19.4 Å². The minimum atomic E-state index is 0.674. The molecule has 1 aromatic heterocycles. The van der Waals surface area contributed by atoms with Gasteiger partial charge in [0.15, 0.2) is 0 Å². The van der Waals surface area contributed by atoms with Crippen molar-refractivity contribution in [2.75, 3.05) is 0 Å². The number of aryl methyl sites for hydroxylation is 1. The molecule has 0 bridgehead atoms. The molecule has 1 rings (SSSR count). The van der Waals surface area contributed by atoms with E-state index in [2.05, 4.69) is 17.6 Å². The minimum absolute atomic E-state index is 0.674. The summed E-state index contributed by atoms with van der Waals surface area (Å²) < 4.78 is 0. The highest BCUT2D eigenvalue weighted by atomic mass is 14.6. The topological polar surface area (TPSA) is 36.7 Å². The molecule has 0 saturated heterocycles. The molecule has 2 heteroatoms. The average molecular weight is 184 g/mol. The predicted octanol–water partition coefficient (Wildman–Crippen LogP) is 1.03. The SMILES string of the molecule is C=C/C=c1/c(C#N)c(C)cn/c1=C/C. The third kappa shape index (κ3) is 1.72. The first-order valence-corrected chi connectivity index (χ1v) is 4.39. The van der Waals surface area contributed by atoms with Crippen molar-refractivity contribution >= 4 is 12.2 Å². The lowest BCUT2D eigenvalue weighted by Gasteiger charge is -1.97. The minimum Gasteiger partial charge on any atom is -0.256 e. The fourth-order valence-corrected chi connectivity index (χ4v) is 1.31. The molecule has 0 N–H and O–H groups in total. The van der Waals surface area contributed by atoms with Crippen LogP contribution < -0.4 is 10.6 Å². The van der Waals surface area contributed by atoms with Gasteiger partial charge in [-0.1, -0.05) is 24.8 Å². The molecule has 0 saturated carbocycles. The lowest BCUT2D eigenvalue weighted by molar-refractivity contribution is 1.16. The van der Waals surface area contributed by atoms with Gasteiger partial charge in [-0.2, -0.15) is 5.26 Å². The molecule has 0 aromatic carbocycles. The number of nitrogens with zero attached hydrogens (tertiary/aromatic N) is 2. The highest BCUT2D eigenvalue weighted by molar-refractivity contribution is 5.46. The van der Waals surface area contributed by atoms with Crippen LogP contribution in [0.25, 0.3) is 12.2 Å². The molecular weight excluding hydrogens is 172 g/mol. The second-order valence-corrected chi connectivity index (χ2v) is 2.92. The van der Waals surface area contributed by atoms with Gasteiger partial charge in [0.25, 0.3) is 0 Å². The number of aromatic nitrogens is 1. The number of hydrogen-bond acceptors (Lipinski definition) is 2. The molecule has 2 nitrogen and oxygen atoms in total. The second-order valence-electron chi connectivity index (χ2n) is 2.92. The zero-order chi connectivity index (χ0) is 10.6. The van der Waals surface area contributed by atoms with Gasteiger partial charge in [-0.25, -0.2) is 0 Å². The summed E-state index contributed by atoms with van der Waals surface area (Å²) in [6.07, 6.45) is 7.09. The smallest absolute Gasteiger partial charge is 0.100 e.